The van der Waals surface area contributed by atoms with Crippen LogP contribution >= 0.6 is 0 Å². The van der Waals surface area contributed by atoms with Crippen LogP contribution in [0.5, 0.6) is 0 Å². The molecule has 0 radical (unpaired) electrons. The van der Waals surface area contributed by atoms with Gasteiger partial charge in [0.05, 0.1) is 6.20 Å². The average molecular weight is 207 g/mol. The van der Waals surface area contributed by atoms with E-state index in [2.05, 4.69) is 29.4 Å². The van der Waals surface area contributed by atoms with Gasteiger partial charge in [-0.2, -0.15) is 5.10 Å². The second-order valence-electron chi connectivity index (χ2n) is 4.94. The van der Waals surface area contributed by atoms with Crippen LogP contribution in [0.3, 0.4) is 0 Å². The van der Waals surface area contributed by atoms with Gasteiger partial charge in [-0.15, -0.1) is 0 Å². The van der Waals surface area contributed by atoms with Crippen molar-refractivity contribution in [3.8, 4) is 0 Å². The summed E-state index contributed by atoms with van der Waals surface area (Å²) in [5.74, 6) is 1.83. The molecule has 3 heteroatoms. The van der Waals surface area contributed by atoms with Gasteiger partial charge in [-0.05, 0) is 38.1 Å². The summed E-state index contributed by atoms with van der Waals surface area (Å²) in [6.07, 6.45) is 6.13. The van der Waals surface area contributed by atoms with Crippen LogP contribution in [0.15, 0.2) is 6.20 Å². The Labute approximate surface area is 91.7 Å². The molecule has 0 bridgehead atoms. The van der Waals surface area contributed by atoms with Crippen LogP contribution in [-0.2, 0) is 6.54 Å². The van der Waals surface area contributed by atoms with E-state index in [1.54, 1.807) is 0 Å². The molecule has 0 aromatic carbocycles. The molecule has 3 nitrogen and oxygen atoms in total. The predicted octanol–water partition coefficient (Wildman–Crippen LogP) is 2.24. The van der Waals surface area contributed by atoms with Gasteiger partial charge in [0.1, 0.15) is 0 Å². The molecule has 2 N–H and O–H groups in total. The number of hydrogen-bond donors (Lipinski definition) is 2. The lowest BCUT2D eigenvalue weighted by Crippen LogP contribution is -2.21. The van der Waals surface area contributed by atoms with Crippen molar-refractivity contribution in [2.75, 3.05) is 6.54 Å². The highest BCUT2D eigenvalue weighted by atomic mass is 15.1. The fraction of sp³-hybridized carbons (Fsp3) is 0.750. The van der Waals surface area contributed by atoms with Crippen molar-refractivity contribution in [1.29, 1.82) is 0 Å². The van der Waals surface area contributed by atoms with Crippen LogP contribution in [0.25, 0.3) is 0 Å². The average Bonchev–Trinajstić information content (AvgIpc) is 2.77. The third-order valence-electron chi connectivity index (χ3n) is 3.49. The molecule has 1 aliphatic rings. The van der Waals surface area contributed by atoms with Crippen molar-refractivity contribution in [2.45, 2.75) is 39.7 Å². The van der Waals surface area contributed by atoms with Gasteiger partial charge in [-0.25, -0.2) is 0 Å². The fourth-order valence-electron chi connectivity index (χ4n) is 2.48. The highest BCUT2D eigenvalue weighted by Crippen LogP contribution is 2.29. The van der Waals surface area contributed by atoms with Crippen LogP contribution in [0.4, 0.5) is 0 Å². The molecule has 0 saturated heterocycles. The van der Waals surface area contributed by atoms with E-state index < -0.39 is 0 Å². The molecule has 1 aliphatic carbocycles. The minimum Gasteiger partial charge on any atom is -0.312 e. The molecule has 2 rings (SSSR count). The van der Waals surface area contributed by atoms with E-state index in [1.165, 1.54) is 30.5 Å². The number of aromatic nitrogens is 2. The normalized spacial score (nSPS) is 26.0. The maximum absolute atomic E-state index is 4.02. The van der Waals surface area contributed by atoms with E-state index in [-0.39, 0.29) is 0 Å². The summed E-state index contributed by atoms with van der Waals surface area (Å²) in [6, 6.07) is 0. The minimum atomic E-state index is 0.896. The molecular weight excluding hydrogens is 186 g/mol. The number of aromatic amines is 1. The van der Waals surface area contributed by atoms with Crippen LogP contribution in [0, 0.1) is 18.8 Å². The number of aryl methyl sites for hydroxylation is 1. The van der Waals surface area contributed by atoms with Gasteiger partial charge in [0.15, 0.2) is 0 Å². The summed E-state index contributed by atoms with van der Waals surface area (Å²) < 4.78 is 0. The Morgan fingerprint density at radius 1 is 1.53 bits per heavy atom. The van der Waals surface area contributed by atoms with E-state index in [9.17, 15) is 0 Å². The Morgan fingerprint density at radius 2 is 2.40 bits per heavy atom. The first-order valence-corrected chi connectivity index (χ1v) is 5.95. The van der Waals surface area contributed by atoms with Crippen LogP contribution in [-0.4, -0.2) is 16.7 Å². The molecule has 2 unspecified atom stereocenters. The third kappa shape index (κ3) is 2.81. The standard InChI is InChI=1S/C12H21N3/c1-9-3-4-11(5-9)6-13-7-12-8-14-15-10(12)2/h8-9,11,13H,3-7H2,1-2H3,(H,14,15). The maximum Gasteiger partial charge on any atom is 0.0535 e. The molecule has 84 valence electrons. The van der Waals surface area contributed by atoms with Crippen LogP contribution in [0.2, 0.25) is 0 Å². The lowest BCUT2D eigenvalue weighted by atomic mass is 10.1. The predicted molar refractivity (Wildman–Crippen MR) is 61.5 cm³/mol. The smallest absolute Gasteiger partial charge is 0.0535 e. The molecule has 1 saturated carbocycles. The topological polar surface area (TPSA) is 40.7 Å². The number of nitrogens with one attached hydrogen (secondary N) is 2. The number of nitrogens with zero attached hydrogens (tertiary/aromatic N) is 1. The Bertz CT molecular complexity index is 306. The SMILES string of the molecule is Cc1[nH]ncc1CNCC1CCC(C)C1. The van der Waals surface area contributed by atoms with Crippen molar-refractivity contribution in [1.82, 2.24) is 15.5 Å². The van der Waals surface area contributed by atoms with Crippen molar-refractivity contribution in [2.24, 2.45) is 11.8 Å². The maximum atomic E-state index is 4.02. The monoisotopic (exact) mass is 207 g/mol. The van der Waals surface area contributed by atoms with Crippen molar-refractivity contribution < 1.29 is 0 Å². The summed E-state index contributed by atoms with van der Waals surface area (Å²) in [5, 5.41) is 10.5. The van der Waals surface area contributed by atoms with Gasteiger partial charge in [0, 0.05) is 17.8 Å². The first-order chi connectivity index (χ1) is 7.25. The Balaban J connectivity index is 1.69. The van der Waals surface area contributed by atoms with Gasteiger partial charge >= 0.3 is 0 Å². The number of hydrogen-bond acceptors (Lipinski definition) is 2. The summed E-state index contributed by atoms with van der Waals surface area (Å²) in [7, 11) is 0. The largest absolute Gasteiger partial charge is 0.312 e. The molecule has 0 aliphatic heterocycles. The van der Waals surface area contributed by atoms with E-state index in [0.29, 0.717) is 0 Å². The minimum absolute atomic E-state index is 0.896. The molecule has 0 amide bonds. The van der Waals surface area contributed by atoms with Gasteiger partial charge in [0.2, 0.25) is 0 Å². The first-order valence-electron chi connectivity index (χ1n) is 5.95. The second-order valence-corrected chi connectivity index (χ2v) is 4.94. The second kappa shape index (κ2) is 4.79. The van der Waals surface area contributed by atoms with Gasteiger partial charge < -0.3 is 5.32 Å². The Hall–Kier alpha value is -0.830. The van der Waals surface area contributed by atoms with Crippen LogP contribution in [0.1, 0.15) is 37.4 Å². The molecule has 15 heavy (non-hydrogen) atoms. The van der Waals surface area contributed by atoms with Crippen LogP contribution < -0.4 is 5.32 Å². The molecule has 2 atom stereocenters. The third-order valence-corrected chi connectivity index (χ3v) is 3.49. The molecule has 1 aromatic rings. The zero-order chi connectivity index (χ0) is 10.7. The van der Waals surface area contributed by atoms with E-state index >= 15 is 0 Å². The lowest BCUT2D eigenvalue weighted by molar-refractivity contribution is 0.470. The molecule has 0 spiro atoms. The van der Waals surface area contributed by atoms with Crippen molar-refractivity contribution in [3.63, 3.8) is 0 Å². The van der Waals surface area contributed by atoms with E-state index in [4.69, 9.17) is 0 Å². The Kier molecular flexibility index (Phi) is 3.41. The van der Waals surface area contributed by atoms with E-state index in [1.807, 2.05) is 6.20 Å². The highest BCUT2D eigenvalue weighted by molar-refractivity contribution is 5.13. The summed E-state index contributed by atoms with van der Waals surface area (Å²) >= 11 is 0. The fourth-order valence-corrected chi connectivity index (χ4v) is 2.48. The lowest BCUT2D eigenvalue weighted by Gasteiger charge is -2.10. The summed E-state index contributed by atoms with van der Waals surface area (Å²) in [5.41, 5.74) is 2.48. The van der Waals surface area contributed by atoms with Crippen molar-refractivity contribution in [3.05, 3.63) is 17.5 Å². The zero-order valence-corrected chi connectivity index (χ0v) is 9.71. The molecule has 1 fully saturated rings. The summed E-state index contributed by atoms with van der Waals surface area (Å²) in [6.45, 7) is 6.55. The number of H-pyrrole nitrogens is 1. The first kappa shape index (κ1) is 10.7. The number of rotatable bonds is 4. The van der Waals surface area contributed by atoms with Crippen molar-refractivity contribution >= 4 is 0 Å². The quantitative estimate of drug-likeness (QED) is 0.795. The molecule has 1 aromatic heterocycles. The van der Waals surface area contributed by atoms with Gasteiger partial charge in [-0.3, -0.25) is 5.10 Å². The molecular formula is C12H21N3. The van der Waals surface area contributed by atoms with E-state index in [0.717, 1.165) is 24.9 Å². The highest BCUT2D eigenvalue weighted by Gasteiger charge is 2.20. The summed E-state index contributed by atoms with van der Waals surface area (Å²) in [4.78, 5) is 0. The van der Waals surface area contributed by atoms with Gasteiger partial charge in [0.25, 0.3) is 0 Å². The van der Waals surface area contributed by atoms with Gasteiger partial charge in [-0.1, -0.05) is 13.3 Å². The molecule has 1 heterocycles. The Morgan fingerprint density at radius 3 is 3.00 bits per heavy atom. The zero-order valence-electron chi connectivity index (χ0n) is 9.71.